The Bertz CT molecular complexity index is 420. The highest BCUT2D eigenvalue weighted by Crippen LogP contribution is 1.96. The third kappa shape index (κ3) is 6.68. The Balaban J connectivity index is 2.12. The molecule has 0 aliphatic carbocycles. The van der Waals surface area contributed by atoms with Crippen molar-refractivity contribution in [3.05, 3.63) is 30.1 Å². The number of nitrogens with zero attached hydrogens (tertiary/aromatic N) is 1. The van der Waals surface area contributed by atoms with Crippen LogP contribution in [0.2, 0.25) is 0 Å². The lowest BCUT2D eigenvalue weighted by Crippen LogP contribution is -2.27. The predicted octanol–water partition coefficient (Wildman–Crippen LogP) is 0.275. The highest BCUT2D eigenvalue weighted by Gasteiger charge is 2.09. The van der Waals surface area contributed by atoms with Gasteiger partial charge in [0.05, 0.1) is 18.1 Å². The van der Waals surface area contributed by atoms with Crippen LogP contribution in [0.15, 0.2) is 24.5 Å². The standard InChI is InChI=1S/C12H20N2O3S/c1-17-9-11-18(15,16)10-8-14-7-4-12-2-5-13-6-3-12/h2-3,5-6,14H,4,7-11H2,1H3. The van der Waals surface area contributed by atoms with Gasteiger partial charge in [0.15, 0.2) is 9.84 Å². The summed E-state index contributed by atoms with van der Waals surface area (Å²) in [5.74, 6) is 0.252. The summed E-state index contributed by atoms with van der Waals surface area (Å²) in [6.07, 6.45) is 4.38. The third-order valence-corrected chi connectivity index (χ3v) is 4.14. The van der Waals surface area contributed by atoms with E-state index in [1.807, 2.05) is 12.1 Å². The van der Waals surface area contributed by atoms with Gasteiger partial charge in [-0.1, -0.05) is 0 Å². The first-order chi connectivity index (χ1) is 8.64. The summed E-state index contributed by atoms with van der Waals surface area (Å²) in [6.45, 7) is 1.51. The van der Waals surface area contributed by atoms with E-state index in [1.54, 1.807) is 12.4 Å². The molecule has 0 aliphatic heterocycles. The Kier molecular flexibility index (Phi) is 6.85. The molecule has 0 atom stereocenters. The maximum absolute atomic E-state index is 11.5. The lowest BCUT2D eigenvalue weighted by molar-refractivity contribution is 0.217. The molecule has 0 saturated carbocycles. The van der Waals surface area contributed by atoms with Gasteiger partial charge in [0, 0.05) is 26.0 Å². The number of methoxy groups -OCH3 is 1. The first-order valence-electron chi connectivity index (χ1n) is 5.93. The Hall–Kier alpha value is -0.980. The molecule has 6 heteroatoms. The van der Waals surface area contributed by atoms with Crippen LogP contribution in [-0.2, 0) is 21.0 Å². The summed E-state index contributed by atoms with van der Waals surface area (Å²) >= 11 is 0. The van der Waals surface area contributed by atoms with Crippen molar-refractivity contribution in [2.75, 3.05) is 38.3 Å². The SMILES string of the molecule is COCCS(=O)(=O)CCNCCc1ccncc1. The van der Waals surface area contributed by atoms with E-state index in [0.29, 0.717) is 6.54 Å². The highest BCUT2D eigenvalue weighted by atomic mass is 32.2. The fourth-order valence-electron chi connectivity index (χ4n) is 1.45. The van der Waals surface area contributed by atoms with Crippen molar-refractivity contribution in [3.63, 3.8) is 0 Å². The molecule has 0 aromatic carbocycles. The van der Waals surface area contributed by atoms with E-state index >= 15 is 0 Å². The molecular weight excluding hydrogens is 252 g/mol. The predicted molar refractivity (Wildman–Crippen MR) is 71.3 cm³/mol. The molecule has 0 saturated heterocycles. The van der Waals surface area contributed by atoms with E-state index in [0.717, 1.165) is 13.0 Å². The molecule has 1 aromatic heterocycles. The molecule has 0 unspecified atom stereocenters. The molecule has 102 valence electrons. The van der Waals surface area contributed by atoms with Crippen LogP contribution in [0.3, 0.4) is 0 Å². The number of rotatable bonds is 9. The molecule has 1 aromatic rings. The topological polar surface area (TPSA) is 68.3 Å². The van der Waals surface area contributed by atoms with Gasteiger partial charge < -0.3 is 10.1 Å². The highest BCUT2D eigenvalue weighted by molar-refractivity contribution is 7.91. The fourth-order valence-corrected chi connectivity index (χ4v) is 2.53. The van der Waals surface area contributed by atoms with Gasteiger partial charge in [0.2, 0.25) is 0 Å². The minimum Gasteiger partial charge on any atom is -0.384 e. The number of nitrogens with one attached hydrogen (secondary N) is 1. The number of pyridine rings is 1. The van der Waals surface area contributed by atoms with Crippen LogP contribution in [0.4, 0.5) is 0 Å². The Labute approximate surface area is 108 Å². The second kappa shape index (κ2) is 8.18. The second-order valence-corrected chi connectivity index (χ2v) is 6.30. The van der Waals surface area contributed by atoms with E-state index < -0.39 is 9.84 Å². The molecule has 0 amide bonds. The van der Waals surface area contributed by atoms with Gasteiger partial charge in [0.25, 0.3) is 0 Å². The number of sulfone groups is 1. The molecule has 0 radical (unpaired) electrons. The van der Waals surface area contributed by atoms with Crippen molar-refractivity contribution < 1.29 is 13.2 Å². The number of hydrogen-bond donors (Lipinski definition) is 1. The van der Waals surface area contributed by atoms with Gasteiger partial charge in [0.1, 0.15) is 0 Å². The van der Waals surface area contributed by atoms with Crippen LogP contribution in [-0.4, -0.2) is 51.7 Å². The van der Waals surface area contributed by atoms with Crippen LogP contribution in [0.5, 0.6) is 0 Å². The molecule has 0 aliphatic rings. The molecular formula is C12H20N2O3S. The first kappa shape index (κ1) is 15.1. The maximum atomic E-state index is 11.5. The maximum Gasteiger partial charge on any atom is 0.153 e. The molecule has 1 rings (SSSR count). The molecule has 1 heterocycles. The van der Waals surface area contributed by atoms with Crippen molar-refractivity contribution >= 4 is 9.84 Å². The molecule has 1 N–H and O–H groups in total. The van der Waals surface area contributed by atoms with Crippen molar-refractivity contribution in [3.8, 4) is 0 Å². The minimum absolute atomic E-state index is 0.0928. The summed E-state index contributed by atoms with van der Waals surface area (Å²) in [5, 5.41) is 3.13. The van der Waals surface area contributed by atoms with Gasteiger partial charge in [-0.05, 0) is 30.7 Å². The Morgan fingerprint density at radius 3 is 2.61 bits per heavy atom. The molecule has 0 spiro atoms. The van der Waals surface area contributed by atoms with Crippen LogP contribution in [0, 0.1) is 0 Å². The van der Waals surface area contributed by atoms with E-state index in [9.17, 15) is 8.42 Å². The quantitative estimate of drug-likeness (QED) is 0.654. The van der Waals surface area contributed by atoms with E-state index in [1.165, 1.54) is 12.7 Å². The summed E-state index contributed by atoms with van der Waals surface area (Å²) in [7, 11) is -1.48. The number of aromatic nitrogens is 1. The minimum atomic E-state index is -2.99. The first-order valence-corrected chi connectivity index (χ1v) is 7.75. The number of hydrogen-bond acceptors (Lipinski definition) is 5. The Morgan fingerprint density at radius 2 is 1.94 bits per heavy atom. The normalized spacial score (nSPS) is 11.6. The summed E-state index contributed by atoms with van der Waals surface area (Å²) < 4.78 is 27.7. The van der Waals surface area contributed by atoms with Crippen LogP contribution < -0.4 is 5.32 Å². The zero-order chi connectivity index (χ0) is 13.3. The monoisotopic (exact) mass is 272 g/mol. The molecule has 5 nitrogen and oxygen atoms in total. The third-order valence-electron chi connectivity index (χ3n) is 2.53. The van der Waals surface area contributed by atoms with Crippen molar-refractivity contribution in [2.24, 2.45) is 0 Å². The van der Waals surface area contributed by atoms with Crippen LogP contribution in [0.25, 0.3) is 0 Å². The zero-order valence-corrected chi connectivity index (χ0v) is 11.4. The van der Waals surface area contributed by atoms with Crippen molar-refractivity contribution in [2.45, 2.75) is 6.42 Å². The average Bonchev–Trinajstić information content (AvgIpc) is 2.37. The van der Waals surface area contributed by atoms with Crippen molar-refractivity contribution in [1.82, 2.24) is 10.3 Å². The zero-order valence-electron chi connectivity index (χ0n) is 10.6. The fraction of sp³-hybridized carbons (Fsp3) is 0.583. The van der Waals surface area contributed by atoms with Gasteiger partial charge in [-0.3, -0.25) is 4.98 Å². The van der Waals surface area contributed by atoms with E-state index in [-0.39, 0.29) is 18.1 Å². The summed E-state index contributed by atoms with van der Waals surface area (Å²) in [5.41, 5.74) is 1.19. The number of ether oxygens (including phenoxy) is 1. The summed E-state index contributed by atoms with van der Waals surface area (Å²) in [6, 6.07) is 3.91. The average molecular weight is 272 g/mol. The summed E-state index contributed by atoms with van der Waals surface area (Å²) in [4.78, 5) is 3.94. The van der Waals surface area contributed by atoms with Crippen molar-refractivity contribution in [1.29, 1.82) is 0 Å². The molecule has 0 bridgehead atoms. The van der Waals surface area contributed by atoms with Crippen LogP contribution in [0.1, 0.15) is 5.56 Å². The van der Waals surface area contributed by atoms with Gasteiger partial charge in [-0.15, -0.1) is 0 Å². The molecule has 18 heavy (non-hydrogen) atoms. The Morgan fingerprint density at radius 1 is 1.22 bits per heavy atom. The smallest absolute Gasteiger partial charge is 0.153 e. The lowest BCUT2D eigenvalue weighted by Gasteiger charge is -2.06. The van der Waals surface area contributed by atoms with Gasteiger partial charge in [-0.25, -0.2) is 8.42 Å². The lowest BCUT2D eigenvalue weighted by atomic mass is 10.2. The van der Waals surface area contributed by atoms with Gasteiger partial charge in [-0.2, -0.15) is 0 Å². The van der Waals surface area contributed by atoms with Gasteiger partial charge >= 0.3 is 0 Å². The molecule has 0 fully saturated rings. The second-order valence-electron chi connectivity index (χ2n) is 4.00. The van der Waals surface area contributed by atoms with Crippen LogP contribution >= 0.6 is 0 Å². The van der Waals surface area contributed by atoms with E-state index in [4.69, 9.17) is 4.74 Å². The largest absolute Gasteiger partial charge is 0.384 e. The van der Waals surface area contributed by atoms with E-state index in [2.05, 4.69) is 10.3 Å².